The van der Waals surface area contributed by atoms with Crippen LogP contribution in [-0.4, -0.2) is 11.7 Å². The number of rotatable bonds is 4. The number of anilines is 2. The quantitative estimate of drug-likeness (QED) is 0.415. The molecule has 5 rings (SSSR count). The van der Waals surface area contributed by atoms with Gasteiger partial charge in [-0.2, -0.15) is 0 Å². The largest absolute Gasteiger partial charge is 0.487 e. The van der Waals surface area contributed by atoms with E-state index in [0.29, 0.717) is 35.8 Å². The van der Waals surface area contributed by atoms with E-state index in [9.17, 15) is 9.59 Å². The van der Waals surface area contributed by atoms with E-state index in [0.717, 1.165) is 28.2 Å². The Morgan fingerprint density at radius 2 is 1.78 bits per heavy atom. The molecular formula is C30H29ClN2O3. The first kappa shape index (κ1) is 24.1. The van der Waals surface area contributed by atoms with Crippen LogP contribution in [0.4, 0.5) is 11.4 Å². The summed E-state index contributed by atoms with van der Waals surface area (Å²) >= 11 is 6.69. The number of allylic oxidation sites excluding steroid dienone is 1. The van der Waals surface area contributed by atoms with Crippen LogP contribution in [-0.2, 0) is 16.2 Å². The van der Waals surface area contributed by atoms with E-state index in [4.69, 9.17) is 16.3 Å². The Morgan fingerprint density at radius 1 is 1.06 bits per heavy atom. The summed E-state index contributed by atoms with van der Waals surface area (Å²) < 4.78 is 5.97. The predicted molar refractivity (Wildman–Crippen MR) is 143 cm³/mol. The Balaban J connectivity index is 1.60. The topological polar surface area (TPSA) is 58.6 Å². The zero-order valence-corrected chi connectivity index (χ0v) is 21.4. The molecule has 5 nitrogen and oxygen atoms in total. The SMILES string of the molecule is CC(=O)N1c2ccccc2NC2=C(C(=O)CC(C)(C)C2)C1c1ccc(OCc2ccccc2)c(Cl)c1. The monoisotopic (exact) mass is 500 g/mol. The van der Waals surface area contributed by atoms with Crippen LogP contribution in [0.15, 0.2) is 84.1 Å². The second-order valence-corrected chi connectivity index (χ2v) is 10.6. The van der Waals surface area contributed by atoms with Crippen LogP contribution in [0.25, 0.3) is 0 Å². The first-order chi connectivity index (χ1) is 17.2. The summed E-state index contributed by atoms with van der Waals surface area (Å²) in [5, 5.41) is 3.94. The summed E-state index contributed by atoms with van der Waals surface area (Å²) in [7, 11) is 0. The predicted octanol–water partition coefficient (Wildman–Crippen LogP) is 7.08. The summed E-state index contributed by atoms with van der Waals surface area (Å²) in [5.74, 6) is 0.440. The highest BCUT2D eigenvalue weighted by atomic mass is 35.5. The molecule has 0 saturated heterocycles. The highest BCUT2D eigenvalue weighted by Crippen LogP contribution is 2.48. The number of Topliss-reactive ketones (excluding diaryl/α,β-unsaturated/α-hetero) is 1. The van der Waals surface area contributed by atoms with Crippen molar-refractivity contribution in [2.75, 3.05) is 10.2 Å². The van der Waals surface area contributed by atoms with Gasteiger partial charge in [-0.15, -0.1) is 0 Å². The number of amides is 1. The van der Waals surface area contributed by atoms with Crippen molar-refractivity contribution in [1.29, 1.82) is 0 Å². The summed E-state index contributed by atoms with van der Waals surface area (Å²) in [4.78, 5) is 28.4. The summed E-state index contributed by atoms with van der Waals surface area (Å²) in [5.41, 5.74) is 4.64. The minimum Gasteiger partial charge on any atom is -0.487 e. The fourth-order valence-electron chi connectivity index (χ4n) is 5.19. The molecule has 1 aliphatic heterocycles. The molecule has 0 radical (unpaired) electrons. The summed E-state index contributed by atoms with van der Waals surface area (Å²) in [6.45, 7) is 6.12. The van der Waals surface area contributed by atoms with E-state index in [-0.39, 0.29) is 17.1 Å². The van der Waals surface area contributed by atoms with Crippen molar-refractivity contribution in [3.8, 4) is 5.75 Å². The van der Waals surface area contributed by atoms with Crippen LogP contribution in [0.5, 0.6) is 5.75 Å². The third kappa shape index (κ3) is 4.63. The molecule has 0 bridgehead atoms. The number of carbonyl (C=O) groups is 2. The third-order valence-electron chi connectivity index (χ3n) is 6.75. The van der Waals surface area contributed by atoms with Gasteiger partial charge in [-0.25, -0.2) is 0 Å². The molecule has 1 heterocycles. The molecule has 0 saturated carbocycles. The standard InChI is InChI=1S/C30H29ClN2O3/c1-19(34)33-25-12-8-7-11-23(25)32-24-16-30(2,3)17-26(35)28(24)29(33)21-13-14-27(22(31)15-21)36-18-20-9-5-4-6-10-20/h4-15,29,32H,16-18H2,1-3H3. The van der Waals surface area contributed by atoms with Gasteiger partial charge in [0.15, 0.2) is 5.78 Å². The second kappa shape index (κ2) is 9.47. The molecule has 184 valence electrons. The van der Waals surface area contributed by atoms with Gasteiger partial charge in [-0.3, -0.25) is 14.5 Å². The number of hydrogen-bond donors (Lipinski definition) is 1. The van der Waals surface area contributed by atoms with Crippen molar-refractivity contribution in [2.45, 2.75) is 46.3 Å². The fraction of sp³-hybridized carbons (Fsp3) is 0.267. The third-order valence-corrected chi connectivity index (χ3v) is 7.04. The van der Waals surface area contributed by atoms with E-state index in [2.05, 4.69) is 19.2 Å². The van der Waals surface area contributed by atoms with Crippen LogP contribution in [0.1, 0.15) is 50.8 Å². The van der Waals surface area contributed by atoms with Crippen LogP contribution in [0.2, 0.25) is 5.02 Å². The normalized spacial score (nSPS) is 18.6. The van der Waals surface area contributed by atoms with E-state index >= 15 is 0 Å². The Morgan fingerprint density at radius 3 is 2.50 bits per heavy atom. The molecule has 1 N–H and O–H groups in total. The maximum Gasteiger partial charge on any atom is 0.224 e. The average Bonchev–Trinajstić information content (AvgIpc) is 2.97. The highest BCUT2D eigenvalue weighted by Gasteiger charge is 2.42. The number of carbonyl (C=O) groups excluding carboxylic acids is 2. The van der Waals surface area contributed by atoms with Crippen molar-refractivity contribution in [3.05, 3.63) is 100 Å². The van der Waals surface area contributed by atoms with E-state index in [1.807, 2.05) is 72.8 Å². The highest BCUT2D eigenvalue weighted by molar-refractivity contribution is 6.32. The Kier molecular flexibility index (Phi) is 6.35. The molecule has 0 spiro atoms. The van der Waals surface area contributed by atoms with Gasteiger partial charge in [-0.1, -0.05) is 74.0 Å². The van der Waals surface area contributed by atoms with Crippen LogP contribution < -0.4 is 15.0 Å². The Hall–Kier alpha value is -3.57. The molecule has 2 aliphatic rings. The number of para-hydroxylation sites is 2. The van der Waals surface area contributed by atoms with Gasteiger partial charge in [0, 0.05) is 24.6 Å². The molecule has 3 aromatic carbocycles. The molecule has 1 unspecified atom stereocenters. The van der Waals surface area contributed by atoms with Crippen molar-refractivity contribution in [2.24, 2.45) is 5.41 Å². The van der Waals surface area contributed by atoms with Crippen LogP contribution in [0, 0.1) is 5.41 Å². The molecule has 1 amide bonds. The number of nitrogens with one attached hydrogen (secondary N) is 1. The van der Waals surface area contributed by atoms with Crippen molar-refractivity contribution in [3.63, 3.8) is 0 Å². The van der Waals surface area contributed by atoms with Gasteiger partial charge >= 0.3 is 0 Å². The lowest BCUT2D eigenvalue weighted by molar-refractivity contribution is -0.118. The van der Waals surface area contributed by atoms with Gasteiger partial charge in [-0.05, 0) is 47.2 Å². The van der Waals surface area contributed by atoms with Crippen LogP contribution >= 0.6 is 11.6 Å². The van der Waals surface area contributed by atoms with Gasteiger partial charge in [0.2, 0.25) is 5.91 Å². The van der Waals surface area contributed by atoms with Crippen LogP contribution in [0.3, 0.4) is 0 Å². The van der Waals surface area contributed by atoms with Crippen molar-refractivity contribution < 1.29 is 14.3 Å². The molecule has 0 aromatic heterocycles. The number of nitrogens with zero attached hydrogens (tertiary/aromatic N) is 1. The van der Waals surface area contributed by atoms with E-state index in [1.54, 1.807) is 4.90 Å². The number of hydrogen-bond acceptors (Lipinski definition) is 4. The molecule has 0 fully saturated rings. The number of ketones is 1. The Labute approximate surface area is 216 Å². The van der Waals surface area contributed by atoms with Gasteiger partial charge in [0.1, 0.15) is 12.4 Å². The average molecular weight is 501 g/mol. The lowest BCUT2D eigenvalue weighted by Gasteiger charge is -2.37. The maximum absolute atomic E-state index is 13.6. The fourth-order valence-corrected chi connectivity index (χ4v) is 5.43. The number of halogens is 1. The zero-order chi connectivity index (χ0) is 25.4. The molecule has 3 aromatic rings. The number of fused-ring (bicyclic) bond motifs is 1. The smallest absolute Gasteiger partial charge is 0.224 e. The lowest BCUT2D eigenvalue weighted by Crippen LogP contribution is -2.38. The number of ether oxygens (including phenoxy) is 1. The van der Waals surface area contributed by atoms with Crippen molar-refractivity contribution in [1.82, 2.24) is 0 Å². The summed E-state index contributed by atoms with van der Waals surface area (Å²) in [6.07, 6.45) is 1.12. The number of benzene rings is 3. The minimum atomic E-state index is -0.599. The first-order valence-corrected chi connectivity index (χ1v) is 12.5. The molecule has 6 heteroatoms. The zero-order valence-electron chi connectivity index (χ0n) is 20.7. The lowest BCUT2D eigenvalue weighted by atomic mass is 9.73. The van der Waals surface area contributed by atoms with E-state index in [1.165, 1.54) is 6.92 Å². The molecule has 36 heavy (non-hydrogen) atoms. The van der Waals surface area contributed by atoms with Gasteiger partial charge < -0.3 is 10.1 Å². The molecule has 1 atom stereocenters. The maximum atomic E-state index is 13.6. The van der Waals surface area contributed by atoms with Gasteiger partial charge in [0.25, 0.3) is 0 Å². The molecular weight excluding hydrogens is 472 g/mol. The van der Waals surface area contributed by atoms with Crippen molar-refractivity contribution >= 4 is 34.7 Å². The van der Waals surface area contributed by atoms with E-state index < -0.39 is 6.04 Å². The van der Waals surface area contributed by atoms with Gasteiger partial charge in [0.05, 0.1) is 22.4 Å². The molecule has 1 aliphatic carbocycles. The minimum absolute atomic E-state index is 0.0401. The summed E-state index contributed by atoms with van der Waals surface area (Å²) in [6, 6.07) is 22.5. The first-order valence-electron chi connectivity index (χ1n) is 12.1. The Bertz CT molecular complexity index is 1360. The second-order valence-electron chi connectivity index (χ2n) is 10.2.